The molecule has 2 N–H and O–H groups in total. The van der Waals surface area contributed by atoms with Crippen LogP contribution in [0.5, 0.6) is 0 Å². The van der Waals surface area contributed by atoms with E-state index >= 15 is 0 Å². The zero-order valence-electron chi connectivity index (χ0n) is 9.77. The van der Waals surface area contributed by atoms with E-state index in [0.29, 0.717) is 5.56 Å². The van der Waals surface area contributed by atoms with Crippen LogP contribution in [0.15, 0.2) is 18.2 Å². The zero-order valence-corrected chi connectivity index (χ0v) is 9.77. The molecule has 6 heteroatoms. The summed E-state index contributed by atoms with van der Waals surface area (Å²) in [6.45, 7) is 1.65. The molecule has 1 fully saturated rings. The number of anilines is 1. The number of halogens is 3. The molecule has 2 amide bonds. The summed E-state index contributed by atoms with van der Waals surface area (Å²) in [5.41, 5.74) is 0.00624. The number of nitrogens with one attached hydrogen (secondary N) is 2. The summed E-state index contributed by atoms with van der Waals surface area (Å²) in [5.74, 6) is 0. The Morgan fingerprint density at radius 1 is 1.33 bits per heavy atom. The predicted molar refractivity (Wildman–Crippen MR) is 61.4 cm³/mol. The summed E-state index contributed by atoms with van der Waals surface area (Å²) < 4.78 is 37.6. The minimum absolute atomic E-state index is 0.163. The molecule has 1 aromatic carbocycles. The molecule has 1 aliphatic rings. The minimum Gasteiger partial charge on any atom is -0.335 e. The topological polar surface area (TPSA) is 41.1 Å². The highest BCUT2D eigenvalue weighted by Crippen LogP contribution is 2.32. The summed E-state index contributed by atoms with van der Waals surface area (Å²) in [4.78, 5) is 11.5. The molecular formula is C12H13F3N2O. The highest BCUT2D eigenvalue weighted by atomic mass is 19.4. The Balaban J connectivity index is 2.12. The van der Waals surface area contributed by atoms with Crippen molar-refractivity contribution in [2.45, 2.75) is 32.0 Å². The number of amides is 2. The highest BCUT2D eigenvalue weighted by Gasteiger charge is 2.31. The third-order valence-electron chi connectivity index (χ3n) is 2.73. The maximum atomic E-state index is 12.5. The fourth-order valence-corrected chi connectivity index (χ4v) is 1.50. The fraction of sp³-hybridized carbons (Fsp3) is 0.417. The van der Waals surface area contributed by atoms with Crippen molar-refractivity contribution in [3.63, 3.8) is 0 Å². The average molecular weight is 258 g/mol. The van der Waals surface area contributed by atoms with Gasteiger partial charge in [0.2, 0.25) is 0 Å². The van der Waals surface area contributed by atoms with Crippen LogP contribution in [-0.2, 0) is 6.18 Å². The van der Waals surface area contributed by atoms with Gasteiger partial charge >= 0.3 is 12.2 Å². The van der Waals surface area contributed by atoms with Gasteiger partial charge in [0.25, 0.3) is 0 Å². The molecule has 98 valence electrons. The van der Waals surface area contributed by atoms with Gasteiger partial charge in [0.15, 0.2) is 0 Å². The van der Waals surface area contributed by atoms with Gasteiger partial charge in [-0.15, -0.1) is 0 Å². The van der Waals surface area contributed by atoms with Gasteiger partial charge in [-0.3, -0.25) is 0 Å². The number of urea groups is 1. The van der Waals surface area contributed by atoms with Crippen LogP contribution in [0.2, 0.25) is 0 Å². The molecule has 0 atom stereocenters. The first-order valence-electron chi connectivity index (χ1n) is 5.61. The molecule has 2 rings (SSSR count). The van der Waals surface area contributed by atoms with Crippen molar-refractivity contribution in [1.29, 1.82) is 0 Å². The minimum atomic E-state index is -4.41. The normalized spacial score (nSPS) is 15.3. The Bertz CT molecular complexity index is 467. The van der Waals surface area contributed by atoms with Crippen molar-refractivity contribution in [3.8, 4) is 0 Å². The van der Waals surface area contributed by atoms with Crippen molar-refractivity contribution in [2.24, 2.45) is 0 Å². The molecule has 0 spiro atoms. The average Bonchev–Trinajstić information content (AvgIpc) is 3.03. The second kappa shape index (κ2) is 4.51. The molecule has 0 aliphatic heterocycles. The van der Waals surface area contributed by atoms with Crippen LogP contribution in [0.3, 0.4) is 0 Å². The van der Waals surface area contributed by atoms with E-state index < -0.39 is 17.8 Å². The lowest BCUT2D eigenvalue weighted by atomic mass is 10.1. The van der Waals surface area contributed by atoms with Crippen LogP contribution in [0.4, 0.5) is 23.7 Å². The number of hydrogen-bond acceptors (Lipinski definition) is 1. The van der Waals surface area contributed by atoms with Crippen LogP contribution in [-0.4, -0.2) is 12.1 Å². The third-order valence-corrected chi connectivity index (χ3v) is 2.73. The molecule has 0 radical (unpaired) electrons. The molecule has 1 aromatic rings. The van der Waals surface area contributed by atoms with E-state index in [1.807, 2.05) is 0 Å². The maximum absolute atomic E-state index is 12.5. The number of alkyl halides is 3. The fourth-order valence-electron chi connectivity index (χ4n) is 1.50. The number of rotatable bonds is 2. The van der Waals surface area contributed by atoms with E-state index in [1.54, 1.807) is 6.92 Å². The molecule has 1 aliphatic carbocycles. The second-order valence-electron chi connectivity index (χ2n) is 4.40. The van der Waals surface area contributed by atoms with Gasteiger partial charge in [0.05, 0.1) is 5.56 Å². The van der Waals surface area contributed by atoms with Crippen LogP contribution >= 0.6 is 0 Å². The van der Waals surface area contributed by atoms with Gasteiger partial charge < -0.3 is 10.6 Å². The molecule has 0 unspecified atom stereocenters. The highest BCUT2D eigenvalue weighted by molar-refractivity contribution is 5.90. The predicted octanol–water partition coefficient (Wildman–Crippen LogP) is 3.30. The number of aryl methyl sites for hydroxylation is 1. The lowest BCUT2D eigenvalue weighted by Crippen LogP contribution is -2.30. The molecule has 0 heterocycles. The first-order valence-corrected chi connectivity index (χ1v) is 5.61. The van der Waals surface area contributed by atoms with E-state index in [1.165, 1.54) is 6.07 Å². The van der Waals surface area contributed by atoms with E-state index in [0.717, 1.165) is 25.0 Å². The lowest BCUT2D eigenvalue weighted by Gasteiger charge is -2.13. The Labute approximate surface area is 102 Å². The standard InChI is InChI=1S/C12H13F3N2O/c1-7-2-3-8(12(13,14)15)6-10(7)17-11(18)16-9-4-5-9/h2-3,6,9H,4-5H2,1H3,(H2,16,17,18). The molecule has 0 saturated heterocycles. The van der Waals surface area contributed by atoms with Gasteiger partial charge in [-0.25, -0.2) is 4.79 Å². The van der Waals surface area contributed by atoms with Crippen molar-refractivity contribution in [2.75, 3.05) is 5.32 Å². The molecular weight excluding hydrogens is 245 g/mol. The summed E-state index contributed by atoms with van der Waals surface area (Å²) in [6, 6.07) is 2.99. The Hall–Kier alpha value is -1.72. The lowest BCUT2D eigenvalue weighted by molar-refractivity contribution is -0.137. The first kappa shape index (κ1) is 12.7. The Kier molecular flexibility index (Phi) is 3.19. The summed E-state index contributed by atoms with van der Waals surface area (Å²) >= 11 is 0. The smallest absolute Gasteiger partial charge is 0.335 e. The van der Waals surface area contributed by atoms with Gasteiger partial charge in [-0.2, -0.15) is 13.2 Å². The first-order chi connectivity index (χ1) is 8.36. The number of carbonyl (C=O) groups is 1. The quantitative estimate of drug-likeness (QED) is 0.839. The van der Waals surface area contributed by atoms with Crippen molar-refractivity contribution < 1.29 is 18.0 Å². The van der Waals surface area contributed by atoms with Gasteiger partial charge in [0, 0.05) is 11.7 Å². The number of hydrogen-bond donors (Lipinski definition) is 2. The maximum Gasteiger partial charge on any atom is 0.416 e. The number of benzene rings is 1. The van der Waals surface area contributed by atoms with Crippen LogP contribution < -0.4 is 10.6 Å². The van der Waals surface area contributed by atoms with Gasteiger partial charge in [0.1, 0.15) is 0 Å². The second-order valence-corrected chi connectivity index (χ2v) is 4.40. The third kappa shape index (κ3) is 3.15. The molecule has 0 aromatic heterocycles. The Morgan fingerprint density at radius 2 is 2.00 bits per heavy atom. The number of carbonyl (C=O) groups excluding carboxylic acids is 1. The van der Waals surface area contributed by atoms with E-state index in [2.05, 4.69) is 10.6 Å². The monoisotopic (exact) mass is 258 g/mol. The largest absolute Gasteiger partial charge is 0.416 e. The van der Waals surface area contributed by atoms with E-state index in [4.69, 9.17) is 0 Å². The zero-order chi connectivity index (χ0) is 13.3. The Morgan fingerprint density at radius 3 is 2.56 bits per heavy atom. The summed E-state index contributed by atoms with van der Waals surface area (Å²) in [7, 11) is 0. The van der Waals surface area contributed by atoms with Gasteiger partial charge in [-0.05, 0) is 37.5 Å². The van der Waals surface area contributed by atoms with Crippen molar-refractivity contribution in [3.05, 3.63) is 29.3 Å². The summed E-state index contributed by atoms with van der Waals surface area (Å²) in [5, 5.41) is 5.10. The van der Waals surface area contributed by atoms with E-state index in [9.17, 15) is 18.0 Å². The van der Waals surface area contributed by atoms with Crippen molar-refractivity contribution in [1.82, 2.24) is 5.32 Å². The summed E-state index contributed by atoms with van der Waals surface area (Å²) in [6.07, 6.45) is -2.55. The van der Waals surface area contributed by atoms with E-state index in [-0.39, 0.29) is 11.7 Å². The van der Waals surface area contributed by atoms with Crippen LogP contribution in [0.1, 0.15) is 24.0 Å². The molecule has 18 heavy (non-hydrogen) atoms. The van der Waals surface area contributed by atoms with Gasteiger partial charge in [-0.1, -0.05) is 6.07 Å². The molecule has 1 saturated carbocycles. The van der Waals surface area contributed by atoms with Crippen LogP contribution in [0, 0.1) is 6.92 Å². The molecule has 0 bridgehead atoms. The SMILES string of the molecule is Cc1ccc(C(F)(F)F)cc1NC(=O)NC1CC1. The van der Waals surface area contributed by atoms with Crippen molar-refractivity contribution >= 4 is 11.7 Å². The van der Waals surface area contributed by atoms with Crippen LogP contribution in [0.25, 0.3) is 0 Å². The molecule has 3 nitrogen and oxygen atoms in total.